The number of hydrogen-bond donors (Lipinski definition) is 1. The van der Waals surface area contributed by atoms with Gasteiger partial charge >= 0.3 is 0 Å². The lowest BCUT2D eigenvalue weighted by molar-refractivity contribution is -0.772. The summed E-state index contributed by atoms with van der Waals surface area (Å²) in [5.41, 5.74) is 0. The molecular formula is C5H12ClN. The van der Waals surface area contributed by atoms with E-state index < -0.39 is 0 Å². The second-order valence-electron chi connectivity index (χ2n) is 2.38. The van der Waals surface area contributed by atoms with Crippen molar-refractivity contribution in [2.24, 2.45) is 0 Å². The largest absolute Gasteiger partial charge is 1.00 e. The van der Waals surface area contributed by atoms with Crippen LogP contribution in [0.15, 0.2) is 0 Å². The lowest BCUT2D eigenvalue weighted by Crippen LogP contribution is -3.02. The van der Waals surface area contributed by atoms with Crippen LogP contribution in [0.3, 0.4) is 0 Å². The summed E-state index contributed by atoms with van der Waals surface area (Å²) in [5, 5.41) is 2.39. The first-order chi connectivity index (χ1) is 2.79. The van der Waals surface area contributed by atoms with E-state index in [-0.39, 0.29) is 12.4 Å². The lowest BCUT2D eigenvalue weighted by Gasteiger charge is -2.26. The van der Waals surface area contributed by atoms with Crippen LogP contribution in [0.25, 0.3) is 0 Å². The Morgan fingerprint density at radius 2 is 1.57 bits per heavy atom. The van der Waals surface area contributed by atoms with E-state index in [1.54, 1.807) is 0 Å². The Labute approximate surface area is 50.9 Å². The molecular weight excluding hydrogens is 110 g/mol. The number of rotatable bonds is 0. The van der Waals surface area contributed by atoms with E-state index in [4.69, 9.17) is 0 Å². The van der Waals surface area contributed by atoms with Crippen molar-refractivity contribution in [3.63, 3.8) is 0 Å². The fourth-order valence-corrected chi connectivity index (χ4v) is 1.11. The normalized spacial score (nSPS) is 38.6. The monoisotopic (exact) mass is 121 g/mol. The van der Waals surface area contributed by atoms with Crippen molar-refractivity contribution in [3.05, 3.63) is 0 Å². The molecule has 0 spiro atoms. The van der Waals surface area contributed by atoms with Crippen LogP contribution in [0.4, 0.5) is 0 Å². The Morgan fingerprint density at radius 1 is 1.29 bits per heavy atom. The van der Waals surface area contributed by atoms with E-state index in [0.29, 0.717) is 0 Å². The highest BCUT2D eigenvalue weighted by Crippen LogP contribution is 1.96. The molecule has 1 saturated heterocycles. The minimum absolute atomic E-state index is 0. The zero-order chi connectivity index (χ0) is 4.57. The predicted octanol–water partition coefficient (Wildman–Crippen LogP) is -3.27. The average molecular weight is 122 g/mol. The predicted molar refractivity (Wildman–Crippen MR) is 25.5 cm³/mol. The molecule has 0 aromatic heterocycles. The molecule has 7 heavy (non-hydrogen) atoms. The number of quaternary nitrogens is 1. The quantitative estimate of drug-likeness (QED) is 0.347. The summed E-state index contributed by atoms with van der Waals surface area (Å²) in [6, 6.07) is 1.83. The number of hydrogen-bond acceptors (Lipinski definition) is 0. The SMILES string of the molecule is C[C@H]1C[C@H](C)[NH2+]1.[Cl-]. The molecule has 2 N–H and O–H groups in total. The Bertz CT molecular complexity index is 44.0. The van der Waals surface area contributed by atoms with Crippen molar-refractivity contribution in [2.45, 2.75) is 32.4 Å². The molecule has 1 rings (SSSR count). The van der Waals surface area contributed by atoms with Crippen molar-refractivity contribution >= 4 is 0 Å². The molecule has 0 aromatic carbocycles. The molecule has 0 amide bonds. The van der Waals surface area contributed by atoms with Crippen LogP contribution in [0, 0.1) is 0 Å². The van der Waals surface area contributed by atoms with E-state index in [0.717, 1.165) is 12.1 Å². The van der Waals surface area contributed by atoms with Crippen LogP contribution < -0.4 is 17.7 Å². The molecule has 2 atom stereocenters. The van der Waals surface area contributed by atoms with Crippen molar-refractivity contribution in [3.8, 4) is 0 Å². The third kappa shape index (κ3) is 1.66. The van der Waals surface area contributed by atoms with Gasteiger partial charge in [-0.25, -0.2) is 0 Å². The van der Waals surface area contributed by atoms with Crippen LogP contribution in [-0.2, 0) is 0 Å². The molecule has 0 aromatic rings. The summed E-state index contributed by atoms with van der Waals surface area (Å²) in [5.74, 6) is 0. The summed E-state index contributed by atoms with van der Waals surface area (Å²) in [6.07, 6.45) is 1.42. The first-order valence-corrected chi connectivity index (χ1v) is 2.64. The van der Waals surface area contributed by atoms with Gasteiger partial charge in [-0.15, -0.1) is 0 Å². The van der Waals surface area contributed by atoms with Crippen LogP contribution in [0.1, 0.15) is 20.3 Å². The van der Waals surface area contributed by atoms with Gasteiger partial charge in [0.25, 0.3) is 0 Å². The van der Waals surface area contributed by atoms with Crippen molar-refractivity contribution in [1.29, 1.82) is 0 Å². The van der Waals surface area contributed by atoms with Gasteiger partial charge in [-0.1, -0.05) is 0 Å². The van der Waals surface area contributed by atoms with E-state index in [2.05, 4.69) is 19.2 Å². The third-order valence-electron chi connectivity index (χ3n) is 1.40. The first kappa shape index (κ1) is 7.25. The second kappa shape index (κ2) is 2.53. The van der Waals surface area contributed by atoms with Crippen molar-refractivity contribution < 1.29 is 17.7 Å². The molecule has 1 aliphatic heterocycles. The standard InChI is InChI=1S/C5H11N.ClH/c1-4-3-5(2)6-4;/h4-6H,3H2,1-2H3;1H/t4-,5-;/m0./s1. The topological polar surface area (TPSA) is 16.6 Å². The van der Waals surface area contributed by atoms with Crippen LogP contribution >= 0.6 is 0 Å². The first-order valence-electron chi connectivity index (χ1n) is 2.64. The number of halogens is 1. The minimum atomic E-state index is 0. The smallest absolute Gasteiger partial charge is 0.0889 e. The zero-order valence-corrected chi connectivity index (χ0v) is 5.57. The van der Waals surface area contributed by atoms with Gasteiger partial charge in [0.1, 0.15) is 0 Å². The lowest BCUT2D eigenvalue weighted by atomic mass is 10.0. The number of nitrogens with two attached hydrogens (primary N) is 1. The third-order valence-corrected chi connectivity index (χ3v) is 1.40. The highest BCUT2D eigenvalue weighted by molar-refractivity contribution is 4.60. The molecule has 0 saturated carbocycles. The van der Waals surface area contributed by atoms with Crippen LogP contribution in [0.2, 0.25) is 0 Å². The van der Waals surface area contributed by atoms with Gasteiger partial charge in [-0.2, -0.15) is 0 Å². The Kier molecular flexibility index (Phi) is 2.62. The molecule has 1 aliphatic rings. The molecule has 44 valence electrons. The maximum atomic E-state index is 2.39. The molecule has 1 nitrogen and oxygen atoms in total. The Morgan fingerprint density at radius 3 is 1.57 bits per heavy atom. The van der Waals surface area contributed by atoms with Crippen molar-refractivity contribution in [2.75, 3.05) is 0 Å². The van der Waals surface area contributed by atoms with E-state index in [1.165, 1.54) is 6.42 Å². The Balaban J connectivity index is 0.000000360. The summed E-state index contributed by atoms with van der Waals surface area (Å²) < 4.78 is 0. The summed E-state index contributed by atoms with van der Waals surface area (Å²) in [7, 11) is 0. The van der Waals surface area contributed by atoms with Crippen molar-refractivity contribution in [1.82, 2.24) is 0 Å². The molecule has 1 fully saturated rings. The van der Waals surface area contributed by atoms with E-state index in [9.17, 15) is 0 Å². The van der Waals surface area contributed by atoms with Gasteiger partial charge in [0.2, 0.25) is 0 Å². The molecule has 0 radical (unpaired) electrons. The van der Waals surface area contributed by atoms with Gasteiger partial charge < -0.3 is 17.7 Å². The zero-order valence-electron chi connectivity index (χ0n) is 4.82. The highest BCUT2D eigenvalue weighted by atomic mass is 35.5. The molecule has 0 unspecified atom stereocenters. The van der Waals surface area contributed by atoms with Gasteiger partial charge in [-0.3, -0.25) is 0 Å². The maximum absolute atomic E-state index is 2.39. The molecule has 0 bridgehead atoms. The van der Waals surface area contributed by atoms with E-state index in [1.807, 2.05) is 0 Å². The fraction of sp³-hybridized carbons (Fsp3) is 1.00. The summed E-state index contributed by atoms with van der Waals surface area (Å²) in [6.45, 7) is 4.53. The summed E-state index contributed by atoms with van der Waals surface area (Å²) >= 11 is 0. The Hall–Kier alpha value is 0.250. The molecule has 1 heterocycles. The molecule has 2 heteroatoms. The highest BCUT2D eigenvalue weighted by Gasteiger charge is 2.23. The van der Waals surface area contributed by atoms with E-state index >= 15 is 0 Å². The summed E-state index contributed by atoms with van der Waals surface area (Å²) in [4.78, 5) is 0. The average Bonchev–Trinajstić information content (AvgIpc) is 1.33. The minimum Gasteiger partial charge on any atom is -1.00 e. The van der Waals surface area contributed by atoms with Gasteiger partial charge in [-0.05, 0) is 13.8 Å². The van der Waals surface area contributed by atoms with Crippen LogP contribution in [0.5, 0.6) is 0 Å². The van der Waals surface area contributed by atoms with Gasteiger partial charge in [0.05, 0.1) is 18.5 Å². The fourth-order valence-electron chi connectivity index (χ4n) is 1.11. The molecule has 0 aliphatic carbocycles. The second-order valence-corrected chi connectivity index (χ2v) is 2.38. The van der Waals surface area contributed by atoms with Gasteiger partial charge in [0, 0.05) is 0 Å². The van der Waals surface area contributed by atoms with Gasteiger partial charge in [0.15, 0.2) is 0 Å². The van der Waals surface area contributed by atoms with Crippen LogP contribution in [-0.4, -0.2) is 12.1 Å². The maximum Gasteiger partial charge on any atom is 0.0889 e.